The van der Waals surface area contributed by atoms with Crippen LogP contribution in [0, 0.1) is 0 Å². The predicted molar refractivity (Wildman–Crippen MR) is 113 cm³/mol. The van der Waals surface area contributed by atoms with E-state index in [1.54, 1.807) is 30.3 Å². The molecule has 0 bridgehead atoms. The van der Waals surface area contributed by atoms with Gasteiger partial charge in [-0.2, -0.15) is 0 Å². The van der Waals surface area contributed by atoms with Gasteiger partial charge in [0.2, 0.25) is 0 Å². The van der Waals surface area contributed by atoms with Crippen molar-refractivity contribution in [3.63, 3.8) is 0 Å². The zero-order valence-corrected chi connectivity index (χ0v) is 17.2. The van der Waals surface area contributed by atoms with Gasteiger partial charge in [0.25, 0.3) is 0 Å². The molecule has 7 heteroatoms. The molecule has 0 atom stereocenters. The third kappa shape index (κ3) is 3.71. The molecule has 2 aliphatic rings. The number of phenols is 1. The van der Waals surface area contributed by atoms with Gasteiger partial charge >= 0.3 is 0 Å². The minimum absolute atomic E-state index is 0.00397. The number of hydrogen-bond donors (Lipinski definition) is 2. The van der Waals surface area contributed by atoms with E-state index >= 15 is 0 Å². The Kier molecular flexibility index (Phi) is 5.85. The number of rotatable bonds is 6. The van der Waals surface area contributed by atoms with Gasteiger partial charge in [-0.25, -0.2) is 0 Å². The van der Waals surface area contributed by atoms with E-state index in [0.717, 1.165) is 39.1 Å². The molecule has 30 heavy (non-hydrogen) atoms. The Morgan fingerprint density at radius 3 is 2.30 bits per heavy atom. The third-order valence-corrected chi connectivity index (χ3v) is 5.91. The predicted octanol–water partition coefficient (Wildman–Crippen LogP) is 1.64. The average Bonchev–Trinajstić information content (AvgIpc) is 2.76. The number of piperazine rings is 1. The molecule has 1 aliphatic carbocycles. The van der Waals surface area contributed by atoms with Gasteiger partial charge in [0.1, 0.15) is 11.5 Å². The molecule has 3 N–H and O–H groups in total. The van der Waals surface area contributed by atoms with Gasteiger partial charge in [0.15, 0.2) is 11.6 Å². The molecule has 0 saturated carbocycles. The molecule has 1 saturated heterocycles. The fraction of sp³-hybridized carbons (Fsp3) is 0.391. The number of aromatic hydroxyl groups is 1. The first-order valence-corrected chi connectivity index (χ1v) is 10.3. The number of carbonyl (C=O) groups is 2. The maximum Gasteiger partial charge on any atom is 0.198 e. The maximum absolute atomic E-state index is 13.1. The third-order valence-electron chi connectivity index (χ3n) is 5.91. The normalized spacial score (nSPS) is 17.0. The summed E-state index contributed by atoms with van der Waals surface area (Å²) < 4.78 is 5.97. The standard InChI is InChI=1S/C23H27N3O4/c1-25-8-10-26(11-9-25)7-4-12-30-18-13-15(14-24)21(27)20-19(18)22(28)16-5-2-3-6-17(16)23(20)29/h2-3,5-6,13,27H,4,7-12,14,24H2,1H3. The molecule has 2 aromatic carbocycles. The smallest absolute Gasteiger partial charge is 0.198 e. The summed E-state index contributed by atoms with van der Waals surface area (Å²) in [5.41, 5.74) is 6.91. The SMILES string of the molecule is CN1CCN(CCCOc2cc(CN)c(O)c3c2C(=O)c2ccccc2C3=O)CC1. The van der Waals surface area contributed by atoms with Crippen molar-refractivity contribution in [3.8, 4) is 11.5 Å². The summed E-state index contributed by atoms with van der Waals surface area (Å²) >= 11 is 0. The van der Waals surface area contributed by atoms with Crippen LogP contribution in [0.2, 0.25) is 0 Å². The van der Waals surface area contributed by atoms with Crippen molar-refractivity contribution in [1.29, 1.82) is 0 Å². The van der Waals surface area contributed by atoms with E-state index in [1.165, 1.54) is 0 Å². The minimum Gasteiger partial charge on any atom is -0.507 e. The summed E-state index contributed by atoms with van der Waals surface area (Å²) in [5.74, 6) is -0.608. The number of hydrogen-bond acceptors (Lipinski definition) is 7. The maximum atomic E-state index is 13.1. The van der Waals surface area contributed by atoms with Gasteiger partial charge in [0, 0.05) is 56.0 Å². The Morgan fingerprint density at radius 1 is 1.03 bits per heavy atom. The van der Waals surface area contributed by atoms with Crippen molar-refractivity contribution in [2.45, 2.75) is 13.0 Å². The van der Waals surface area contributed by atoms with Crippen LogP contribution < -0.4 is 10.5 Å². The molecule has 1 heterocycles. The largest absolute Gasteiger partial charge is 0.507 e. The monoisotopic (exact) mass is 409 g/mol. The number of ketones is 2. The first kappa shape index (κ1) is 20.5. The Morgan fingerprint density at radius 2 is 1.67 bits per heavy atom. The molecule has 1 fully saturated rings. The van der Waals surface area contributed by atoms with Crippen molar-refractivity contribution in [1.82, 2.24) is 9.80 Å². The van der Waals surface area contributed by atoms with Crippen LogP contribution in [-0.2, 0) is 6.54 Å². The number of benzene rings is 2. The highest BCUT2D eigenvalue weighted by atomic mass is 16.5. The molecule has 158 valence electrons. The lowest BCUT2D eigenvalue weighted by molar-refractivity contribution is 0.0972. The van der Waals surface area contributed by atoms with Gasteiger partial charge in [0.05, 0.1) is 17.7 Å². The lowest BCUT2D eigenvalue weighted by Crippen LogP contribution is -2.44. The van der Waals surface area contributed by atoms with E-state index in [4.69, 9.17) is 10.5 Å². The first-order chi connectivity index (χ1) is 14.5. The summed E-state index contributed by atoms with van der Waals surface area (Å²) in [7, 11) is 2.12. The highest BCUT2D eigenvalue weighted by Crippen LogP contribution is 2.40. The fourth-order valence-electron chi connectivity index (χ4n) is 4.11. The fourth-order valence-corrected chi connectivity index (χ4v) is 4.11. The number of phenolic OH excluding ortho intramolecular Hbond substituents is 1. The second-order valence-corrected chi connectivity index (χ2v) is 7.89. The van der Waals surface area contributed by atoms with Crippen LogP contribution >= 0.6 is 0 Å². The molecule has 0 amide bonds. The Bertz CT molecular complexity index is 981. The highest BCUT2D eigenvalue weighted by Gasteiger charge is 2.35. The molecule has 0 spiro atoms. The molecule has 7 nitrogen and oxygen atoms in total. The average molecular weight is 409 g/mol. The van der Waals surface area contributed by atoms with Gasteiger partial charge < -0.3 is 25.4 Å². The Balaban J connectivity index is 1.56. The molecule has 2 aromatic rings. The van der Waals surface area contributed by atoms with Crippen LogP contribution in [0.4, 0.5) is 0 Å². The summed E-state index contributed by atoms with van der Waals surface area (Å²) in [6.07, 6.45) is 0.802. The molecule has 1 aliphatic heterocycles. The number of likely N-dealkylation sites (N-methyl/N-ethyl adjacent to an activating group) is 1. The van der Waals surface area contributed by atoms with Crippen molar-refractivity contribution in [2.24, 2.45) is 5.73 Å². The Hall–Kier alpha value is -2.74. The van der Waals surface area contributed by atoms with Crippen molar-refractivity contribution >= 4 is 11.6 Å². The first-order valence-electron chi connectivity index (χ1n) is 10.3. The van der Waals surface area contributed by atoms with E-state index in [-0.39, 0.29) is 35.0 Å². The second-order valence-electron chi connectivity index (χ2n) is 7.89. The van der Waals surface area contributed by atoms with Crippen LogP contribution in [0.15, 0.2) is 30.3 Å². The van der Waals surface area contributed by atoms with E-state index in [9.17, 15) is 14.7 Å². The molecule has 0 unspecified atom stereocenters. The summed E-state index contributed by atoms with van der Waals surface area (Å²) in [5, 5.41) is 10.6. The zero-order valence-electron chi connectivity index (χ0n) is 17.2. The topological polar surface area (TPSA) is 96.1 Å². The quantitative estimate of drug-likeness (QED) is 0.598. The molecular formula is C23H27N3O4. The van der Waals surface area contributed by atoms with Crippen molar-refractivity contribution < 1.29 is 19.4 Å². The van der Waals surface area contributed by atoms with Crippen LogP contribution in [0.1, 0.15) is 43.8 Å². The lowest BCUT2D eigenvalue weighted by Gasteiger charge is -2.32. The molecule has 0 aromatic heterocycles. The number of ether oxygens (including phenoxy) is 1. The molecular weight excluding hydrogens is 382 g/mol. The number of carbonyl (C=O) groups excluding carboxylic acids is 2. The minimum atomic E-state index is -0.379. The van der Waals surface area contributed by atoms with Crippen LogP contribution in [0.25, 0.3) is 0 Å². The highest BCUT2D eigenvalue weighted by molar-refractivity contribution is 6.30. The summed E-state index contributed by atoms with van der Waals surface area (Å²) in [4.78, 5) is 30.9. The van der Waals surface area contributed by atoms with E-state index in [0.29, 0.717) is 29.0 Å². The number of nitrogens with two attached hydrogens (primary N) is 1. The van der Waals surface area contributed by atoms with E-state index in [1.807, 2.05) is 0 Å². The van der Waals surface area contributed by atoms with Crippen molar-refractivity contribution in [2.75, 3.05) is 46.4 Å². The summed E-state index contributed by atoms with van der Waals surface area (Å²) in [6.45, 7) is 5.55. The molecule has 0 radical (unpaired) electrons. The lowest BCUT2D eigenvalue weighted by atomic mass is 9.82. The summed E-state index contributed by atoms with van der Waals surface area (Å²) in [6, 6.07) is 8.24. The van der Waals surface area contributed by atoms with Crippen LogP contribution in [0.5, 0.6) is 11.5 Å². The van der Waals surface area contributed by atoms with E-state index < -0.39 is 0 Å². The van der Waals surface area contributed by atoms with Gasteiger partial charge in [-0.05, 0) is 19.5 Å². The zero-order chi connectivity index (χ0) is 21.3. The van der Waals surface area contributed by atoms with E-state index in [2.05, 4.69) is 16.8 Å². The molecule has 4 rings (SSSR count). The Labute approximate surface area is 176 Å². The van der Waals surface area contributed by atoms with Crippen LogP contribution in [0.3, 0.4) is 0 Å². The van der Waals surface area contributed by atoms with Crippen molar-refractivity contribution in [3.05, 3.63) is 58.1 Å². The number of nitrogens with zero attached hydrogens (tertiary/aromatic N) is 2. The van der Waals surface area contributed by atoms with Gasteiger partial charge in [-0.15, -0.1) is 0 Å². The number of fused-ring (bicyclic) bond motifs is 2. The second kappa shape index (κ2) is 8.55. The van der Waals surface area contributed by atoms with Gasteiger partial charge in [-0.1, -0.05) is 24.3 Å². The van der Waals surface area contributed by atoms with Crippen LogP contribution in [-0.4, -0.2) is 72.9 Å². The van der Waals surface area contributed by atoms with Gasteiger partial charge in [-0.3, -0.25) is 9.59 Å².